The van der Waals surface area contributed by atoms with E-state index in [1.54, 1.807) is 0 Å². The van der Waals surface area contributed by atoms with Crippen LogP contribution in [0.4, 0.5) is 0 Å². The molecule has 0 aliphatic rings. The van der Waals surface area contributed by atoms with Crippen LogP contribution in [0.3, 0.4) is 0 Å². The van der Waals surface area contributed by atoms with Gasteiger partial charge in [-0.2, -0.15) is 11.8 Å². The summed E-state index contributed by atoms with van der Waals surface area (Å²) < 4.78 is 0. The second-order valence-corrected chi connectivity index (χ2v) is 2.70. The Morgan fingerprint density at radius 1 is 1.70 bits per heavy atom. The molecule has 0 unspecified atom stereocenters. The SMILES string of the molecule is NC(=O)CSCCNC=O. The molecule has 0 saturated carbocycles. The molecule has 5 heteroatoms. The van der Waals surface area contributed by atoms with Gasteiger partial charge in [-0.05, 0) is 0 Å². The zero-order valence-corrected chi connectivity index (χ0v) is 6.32. The Balaban J connectivity index is 2.90. The van der Waals surface area contributed by atoms with Gasteiger partial charge in [-0.25, -0.2) is 0 Å². The zero-order valence-electron chi connectivity index (χ0n) is 5.50. The summed E-state index contributed by atoms with van der Waals surface area (Å²) in [5.74, 6) is 0.721. The van der Waals surface area contributed by atoms with E-state index >= 15 is 0 Å². The molecule has 0 aromatic rings. The predicted molar refractivity (Wildman–Crippen MR) is 40.6 cm³/mol. The standard InChI is InChI=1S/C5H10N2O2S/c6-5(9)3-10-2-1-7-4-8/h4H,1-3H2,(H2,6,9)(H,7,8). The second kappa shape index (κ2) is 6.41. The van der Waals surface area contributed by atoms with Gasteiger partial charge in [0, 0.05) is 12.3 Å². The van der Waals surface area contributed by atoms with Crippen LogP contribution < -0.4 is 11.1 Å². The molecule has 0 spiro atoms. The maximum Gasteiger partial charge on any atom is 0.227 e. The minimum Gasteiger partial charge on any atom is -0.369 e. The fraction of sp³-hybridized carbons (Fsp3) is 0.600. The fourth-order valence-electron chi connectivity index (χ4n) is 0.363. The summed E-state index contributed by atoms with van der Waals surface area (Å²) in [5.41, 5.74) is 4.86. The van der Waals surface area contributed by atoms with E-state index < -0.39 is 0 Å². The molecule has 0 rings (SSSR count). The van der Waals surface area contributed by atoms with Crippen LogP contribution in [0.5, 0.6) is 0 Å². The van der Waals surface area contributed by atoms with Gasteiger partial charge >= 0.3 is 0 Å². The first-order chi connectivity index (χ1) is 4.77. The molecule has 2 amide bonds. The largest absolute Gasteiger partial charge is 0.369 e. The zero-order chi connectivity index (χ0) is 7.82. The van der Waals surface area contributed by atoms with Gasteiger partial charge in [0.15, 0.2) is 0 Å². The smallest absolute Gasteiger partial charge is 0.227 e. The lowest BCUT2D eigenvalue weighted by molar-refractivity contribution is -0.115. The average Bonchev–Trinajstić information content (AvgIpc) is 1.87. The molecular formula is C5H10N2O2S. The number of carbonyl (C=O) groups excluding carboxylic acids is 2. The third-order valence-electron chi connectivity index (χ3n) is 0.718. The number of nitrogens with two attached hydrogens (primary N) is 1. The van der Waals surface area contributed by atoms with E-state index in [-0.39, 0.29) is 5.91 Å². The van der Waals surface area contributed by atoms with Crippen molar-refractivity contribution >= 4 is 24.1 Å². The molecule has 0 aliphatic carbocycles. The van der Waals surface area contributed by atoms with Crippen LogP contribution in [0.1, 0.15) is 0 Å². The van der Waals surface area contributed by atoms with Crippen molar-refractivity contribution in [3.8, 4) is 0 Å². The van der Waals surface area contributed by atoms with E-state index in [1.165, 1.54) is 11.8 Å². The number of amides is 2. The average molecular weight is 162 g/mol. The number of nitrogens with one attached hydrogen (secondary N) is 1. The Morgan fingerprint density at radius 2 is 2.40 bits per heavy atom. The first-order valence-electron chi connectivity index (χ1n) is 2.80. The highest BCUT2D eigenvalue weighted by Gasteiger charge is 1.92. The van der Waals surface area contributed by atoms with Crippen molar-refractivity contribution < 1.29 is 9.59 Å². The first-order valence-corrected chi connectivity index (χ1v) is 3.96. The fourth-order valence-corrected chi connectivity index (χ4v) is 0.970. The molecule has 58 valence electrons. The molecule has 4 nitrogen and oxygen atoms in total. The topological polar surface area (TPSA) is 72.2 Å². The maximum atomic E-state index is 10.1. The molecule has 0 bridgehead atoms. The predicted octanol–water partition coefficient (Wildman–Crippen LogP) is -1.05. The minimum atomic E-state index is -0.323. The van der Waals surface area contributed by atoms with Crippen LogP contribution >= 0.6 is 11.8 Å². The van der Waals surface area contributed by atoms with Gasteiger partial charge in [0.25, 0.3) is 0 Å². The second-order valence-electron chi connectivity index (χ2n) is 1.59. The van der Waals surface area contributed by atoms with Crippen LogP contribution in [0.15, 0.2) is 0 Å². The van der Waals surface area contributed by atoms with E-state index in [2.05, 4.69) is 5.32 Å². The number of hydrogen-bond acceptors (Lipinski definition) is 3. The van der Waals surface area contributed by atoms with E-state index in [4.69, 9.17) is 5.73 Å². The minimum absolute atomic E-state index is 0.320. The molecule has 0 atom stereocenters. The Kier molecular flexibility index (Phi) is 5.96. The molecule has 0 saturated heterocycles. The van der Waals surface area contributed by atoms with Gasteiger partial charge in [-0.15, -0.1) is 0 Å². The van der Waals surface area contributed by atoms with E-state index in [0.29, 0.717) is 18.7 Å². The number of thioether (sulfide) groups is 1. The van der Waals surface area contributed by atoms with Gasteiger partial charge in [-0.3, -0.25) is 9.59 Å². The van der Waals surface area contributed by atoms with Gasteiger partial charge in [0.2, 0.25) is 12.3 Å². The summed E-state index contributed by atoms with van der Waals surface area (Å²) in [5, 5.41) is 2.47. The Morgan fingerprint density at radius 3 is 2.90 bits per heavy atom. The van der Waals surface area contributed by atoms with E-state index in [9.17, 15) is 9.59 Å². The van der Waals surface area contributed by atoms with Crippen LogP contribution in [-0.4, -0.2) is 30.4 Å². The Labute approximate surface area is 63.5 Å². The van der Waals surface area contributed by atoms with Gasteiger partial charge in [0.1, 0.15) is 0 Å². The van der Waals surface area contributed by atoms with Crippen LogP contribution in [0.2, 0.25) is 0 Å². The van der Waals surface area contributed by atoms with Gasteiger partial charge in [-0.1, -0.05) is 0 Å². The van der Waals surface area contributed by atoms with Crippen molar-refractivity contribution in [2.75, 3.05) is 18.1 Å². The quantitative estimate of drug-likeness (QED) is 0.386. The normalized spacial score (nSPS) is 8.80. The van der Waals surface area contributed by atoms with Crippen LogP contribution in [-0.2, 0) is 9.59 Å². The van der Waals surface area contributed by atoms with Crippen molar-refractivity contribution in [2.24, 2.45) is 5.73 Å². The monoisotopic (exact) mass is 162 g/mol. The molecule has 10 heavy (non-hydrogen) atoms. The van der Waals surface area contributed by atoms with Crippen molar-refractivity contribution in [1.29, 1.82) is 0 Å². The summed E-state index contributed by atoms with van der Waals surface area (Å²) in [6.45, 7) is 0.585. The summed E-state index contributed by atoms with van der Waals surface area (Å²) >= 11 is 1.41. The third-order valence-corrected chi connectivity index (χ3v) is 1.70. The summed E-state index contributed by atoms with van der Waals surface area (Å²) in [4.78, 5) is 19.8. The van der Waals surface area contributed by atoms with Crippen molar-refractivity contribution in [1.82, 2.24) is 5.32 Å². The Hall–Kier alpha value is -0.710. The van der Waals surface area contributed by atoms with E-state index in [0.717, 1.165) is 5.75 Å². The maximum absolute atomic E-state index is 10.1. The number of primary amides is 1. The van der Waals surface area contributed by atoms with E-state index in [1.807, 2.05) is 0 Å². The first kappa shape index (κ1) is 9.29. The molecular weight excluding hydrogens is 152 g/mol. The summed E-state index contributed by atoms with van der Waals surface area (Å²) in [6, 6.07) is 0. The lowest BCUT2D eigenvalue weighted by Gasteiger charge is -1.96. The summed E-state index contributed by atoms with van der Waals surface area (Å²) in [7, 11) is 0. The van der Waals surface area contributed by atoms with Gasteiger partial charge < -0.3 is 11.1 Å². The lowest BCUT2D eigenvalue weighted by atomic mass is 10.7. The van der Waals surface area contributed by atoms with Crippen molar-refractivity contribution in [3.05, 3.63) is 0 Å². The van der Waals surface area contributed by atoms with Crippen LogP contribution in [0, 0.1) is 0 Å². The third kappa shape index (κ3) is 7.29. The van der Waals surface area contributed by atoms with Gasteiger partial charge in [0.05, 0.1) is 5.75 Å². The Bertz CT molecular complexity index is 118. The molecule has 0 aromatic carbocycles. The molecule has 3 N–H and O–H groups in total. The molecule has 0 aliphatic heterocycles. The highest BCUT2D eigenvalue weighted by atomic mass is 32.2. The summed E-state index contributed by atoms with van der Waals surface area (Å²) in [6.07, 6.45) is 0.630. The highest BCUT2D eigenvalue weighted by Crippen LogP contribution is 1.95. The lowest BCUT2D eigenvalue weighted by Crippen LogP contribution is -2.17. The molecule has 0 radical (unpaired) electrons. The number of rotatable bonds is 6. The molecule has 0 fully saturated rings. The van der Waals surface area contributed by atoms with Crippen molar-refractivity contribution in [3.63, 3.8) is 0 Å². The number of hydrogen-bond donors (Lipinski definition) is 2. The molecule has 0 aromatic heterocycles. The highest BCUT2D eigenvalue weighted by molar-refractivity contribution is 7.99. The van der Waals surface area contributed by atoms with Crippen LogP contribution in [0.25, 0.3) is 0 Å². The van der Waals surface area contributed by atoms with Crippen molar-refractivity contribution in [2.45, 2.75) is 0 Å². The molecule has 0 heterocycles. The number of carbonyl (C=O) groups is 2.